The summed E-state index contributed by atoms with van der Waals surface area (Å²) in [5, 5.41) is 2.47. The van der Waals surface area contributed by atoms with Crippen molar-refractivity contribution < 1.29 is 31.8 Å². The van der Waals surface area contributed by atoms with Crippen LogP contribution in [-0.4, -0.2) is 60.2 Å². The number of aromatic amines is 1. The molecule has 12 heteroatoms. The van der Waals surface area contributed by atoms with E-state index in [0.717, 1.165) is 19.2 Å². The Morgan fingerprint density at radius 2 is 2.00 bits per heavy atom. The quantitative estimate of drug-likeness (QED) is 0.356. The highest BCUT2D eigenvalue weighted by molar-refractivity contribution is 6.30. The van der Waals surface area contributed by atoms with Crippen LogP contribution in [0, 0.1) is 17.7 Å². The molecule has 1 aliphatic heterocycles. The van der Waals surface area contributed by atoms with E-state index in [4.69, 9.17) is 21.1 Å². The first-order valence-electron chi connectivity index (χ1n) is 11.2. The van der Waals surface area contributed by atoms with Crippen LogP contribution in [0.2, 0.25) is 5.02 Å². The highest BCUT2D eigenvalue weighted by atomic mass is 35.5. The fourth-order valence-electron chi connectivity index (χ4n) is 3.48. The third-order valence-electron chi connectivity index (χ3n) is 5.39. The number of H-pyrrole nitrogens is 1. The predicted molar refractivity (Wildman–Crippen MR) is 129 cm³/mol. The lowest BCUT2D eigenvalue weighted by molar-refractivity contribution is -0.140. The Bertz CT molecular complexity index is 1330. The average molecular weight is 537 g/mol. The van der Waals surface area contributed by atoms with Gasteiger partial charge in [-0.3, -0.25) is 9.69 Å². The first-order chi connectivity index (χ1) is 17.7. The van der Waals surface area contributed by atoms with Crippen LogP contribution in [0.5, 0.6) is 5.75 Å². The molecule has 0 aliphatic carbocycles. The molecule has 2 aromatic carbocycles. The van der Waals surface area contributed by atoms with Crippen LogP contribution in [-0.2, 0) is 15.7 Å². The first kappa shape index (κ1) is 26.5. The highest BCUT2D eigenvalue weighted by Crippen LogP contribution is 2.33. The number of anilines is 1. The number of benzene rings is 2. The number of carbonyl (C=O) groups excluding carboxylic acids is 1. The van der Waals surface area contributed by atoms with E-state index >= 15 is 0 Å². The van der Waals surface area contributed by atoms with Crippen molar-refractivity contribution in [2.45, 2.75) is 6.18 Å². The van der Waals surface area contributed by atoms with Crippen LogP contribution in [0.25, 0.3) is 11.4 Å². The van der Waals surface area contributed by atoms with Gasteiger partial charge >= 0.3 is 12.1 Å². The van der Waals surface area contributed by atoms with E-state index < -0.39 is 23.6 Å². The molecule has 7 nitrogen and oxygen atoms in total. The van der Waals surface area contributed by atoms with Crippen molar-refractivity contribution in [1.29, 1.82) is 0 Å². The molecule has 37 heavy (non-hydrogen) atoms. The van der Waals surface area contributed by atoms with Gasteiger partial charge in [-0.05, 0) is 36.4 Å². The fourth-order valence-corrected chi connectivity index (χ4v) is 3.66. The number of morpholine rings is 1. The Hall–Kier alpha value is -3.59. The van der Waals surface area contributed by atoms with Gasteiger partial charge < -0.3 is 19.8 Å². The second-order valence-electron chi connectivity index (χ2n) is 7.99. The smallest absolute Gasteiger partial charge is 0.432 e. The van der Waals surface area contributed by atoms with Crippen LogP contribution < -0.4 is 10.1 Å². The van der Waals surface area contributed by atoms with Gasteiger partial charge in [0.05, 0.1) is 30.1 Å². The number of carbonyl (C=O) groups is 1. The lowest BCUT2D eigenvalue weighted by Crippen LogP contribution is -2.38. The molecule has 0 spiro atoms. The number of imidazole rings is 1. The number of amides is 1. The number of halogens is 5. The number of nitrogens with zero attached hydrogens (tertiary/aromatic N) is 2. The van der Waals surface area contributed by atoms with Gasteiger partial charge in [-0.2, -0.15) is 13.2 Å². The molecule has 2 N–H and O–H groups in total. The predicted octanol–water partition coefficient (Wildman–Crippen LogP) is 4.59. The lowest BCUT2D eigenvalue weighted by Gasteiger charge is -2.26. The van der Waals surface area contributed by atoms with E-state index in [2.05, 4.69) is 32.0 Å². The molecule has 0 unspecified atom stereocenters. The van der Waals surface area contributed by atoms with Gasteiger partial charge in [0.25, 0.3) is 0 Å². The van der Waals surface area contributed by atoms with Crippen molar-refractivity contribution >= 4 is 23.2 Å². The largest absolute Gasteiger partial charge is 0.490 e. The Kier molecular flexibility index (Phi) is 8.33. The summed E-state index contributed by atoms with van der Waals surface area (Å²) in [6.45, 7) is 3.75. The van der Waals surface area contributed by atoms with Crippen LogP contribution >= 0.6 is 11.6 Å². The molecule has 2 heterocycles. The number of alkyl halides is 3. The summed E-state index contributed by atoms with van der Waals surface area (Å²) < 4.78 is 63.5. The molecule has 1 amide bonds. The molecule has 0 radical (unpaired) electrons. The average Bonchev–Trinajstić information content (AvgIpc) is 3.38. The topological polar surface area (TPSA) is 79.5 Å². The summed E-state index contributed by atoms with van der Waals surface area (Å²) in [5.41, 5.74) is -0.180. The van der Waals surface area contributed by atoms with Crippen molar-refractivity contribution in [3.63, 3.8) is 0 Å². The minimum Gasteiger partial charge on any atom is -0.490 e. The van der Waals surface area contributed by atoms with Crippen molar-refractivity contribution in [1.82, 2.24) is 14.9 Å². The lowest BCUT2D eigenvalue weighted by atomic mass is 10.1. The molecular weight excluding hydrogens is 516 g/mol. The van der Waals surface area contributed by atoms with Gasteiger partial charge in [-0.15, -0.1) is 0 Å². The van der Waals surface area contributed by atoms with E-state index in [0.29, 0.717) is 49.4 Å². The zero-order valence-electron chi connectivity index (χ0n) is 19.3. The van der Waals surface area contributed by atoms with E-state index in [-0.39, 0.29) is 16.5 Å². The van der Waals surface area contributed by atoms with E-state index in [1.54, 1.807) is 0 Å². The molecule has 0 bridgehead atoms. The number of hydrogen-bond donors (Lipinski definition) is 2. The summed E-state index contributed by atoms with van der Waals surface area (Å²) in [5.74, 6) is 3.91. The molecule has 3 aromatic rings. The summed E-state index contributed by atoms with van der Waals surface area (Å²) in [7, 11) is 0. The minimum atomic E-state index is -4.58. The number of aromatic nitrogens is 2. The number of nitrogens with one attached hydrogen (secondary N) is 2. The minimum absolute atomic E-state index is 0.0327. The van der Waals surface area contributed by atoms with Gasteiger partial charge in [-0.25, -0.2) is 9.37 Å². The van der Waals surface area contributed by atoms with Gasteiger partial charge in [0.2, 0.25) is 0 Å². The van der Waals surface area contributed by atoms with Crippen LogP contribution in [0.4, 0.5) is 23.2 Å². The number of rotatable bonds is 6. The zero-order chi connectivity index (χ0) is 26.4. The van der Waals surface area contributed by atoms with E-state index in [9.17, 15) is 22.4 Å². The van der Waals surface area contributed by atoms with Gasteiger partial charge in [0, 0.05) is 36.7 Å². The summed E-state index contributed by atoms with van der Waals surface area (Å²) >= 11 is 5.74. The van der Waals surface area contributed by atoms with E-state index in [1.807, 2.05) is 0 Å². The number of ether oxygens (including phenoxy) is 2. The third kappa shape index (κ3) is 7.22. The summed E-state index contributed by atoms with van der Waals surface area (Å²) in [6, 6.07) is 8.30. The standard InChI is InChI=1S/C25H21ClF4N4O3/c26-18-13-16(1-4-19(18)27)2-6-23(35)32-20-14-17(24-31-15-22(33-24)25(28,29)30)3-5-21(20)37-12-9-34-7-10-36-11-8-34/h1,3-5,13-15H,7-12H2,(H,31,33)(H,32,35). The maximum Gasteiger partial charge on any atom is 0.432 e. The van der Waals surface area contributed by atoms with Crippen molar-refractivity contribution in [3.8, 4) is 29.0 Å². The van der Waals surface area contributed by atoms with Gasteiger partial charge in [-0.1, -0.05) is 17.5 Å². The van der Waals surface area contributed by atoms with Gasteiger partial charge in [0.1, 0.15) is 29.7 Å². The molecule has 4 rings (SSSR count). The maximum atomic E-state index is 13.3. The molecule has 1 aliphatic rings. The monoisotopic (exact) mass is 536 g/mol. The van der Waals surface area contributed by atoms with E-state index in [1.165, 1.54) is 30.3 Å². The Morgan fingerprint density at radius 3 is 2.70 bits per heavy atom. The number of hydrogen-bond acceptors (Lipinski definition) is 5. The second-order valence-corrected chi connectivity index (χ2v) is 8.40. The molecule has 1 fully saturated rings. The Balaban J connectivity index is 1.54. The third-order valence-corrected chi connectivity index (χ3v) is 5.68. The molecule has 194 valence electrons. The molecule has 1 aromatic heterocycles. The Morgan fingerprint density at radius 1 is 1.22 bits per heavy atom. The Labute approximate surface area is 214 Å². The summed E-state index contributed by atoms with van der Waals surface area (Å²) in [4.78, 5) is 20.7. The normalized spacial score (nSPS) is 14.1. The van der Waals surface area contributed by atoms with Crippen LogP contribution in [0.15, 0.2) is 42.6 Å². The van der Waals surface area contributed by atoms with Crippen LogP contribution in [0.3, 0.4) is 0 Å². The molecule has 0 saturated carbocycles. The van der Waals surface area contributed by atoms with Gasteiger partial charge in [0.15, 0.2) is 0 Å². The van der Waals surface area contributed by atoms with Crippen molar-refractivity contribution in [2.75, 3.05) is 44.8 Å². The maximum absolute atomic E-state index is 13.3. The second kappa shape index (κ2) is 11.6. The van der Waals surface area contributed by atoms with Crippen LogP contribution in [0.1, 0.15) is 11.3 Å². The molecule has 0 atom stereocenters. The summed E-state index contributed by atoms with van der Waals surface area (Å²) in [6.07, 6.45) is -3.89. The zero-order valence-corrected chi connectivity index (χ0v) is 20.0. The fraction of sp³-hybridized carbons (Fsp3) is 0.280. The molecule has 1 saturated heterocycles. The van der Waals surface area contributed by atoms with Crippen molar-refractivity contribution in [2.24, 2.45) is 0 Å². The SMILES string of the molecule is O=C(C#Cc1ccc(F)c(Cl)c1)Nc1cc(-c2ncc(C(F)(F)F)[nH]2)ccc1OCCN1CCOCC1. The first-order valence-corrected chi connectivity index (χ1v) is 11.5. The highest BCUT2D eigenvalue weighted by Gasteiger charge is 2.33. The molecular formula is C25H21ClF4N4O3. The van der Waals surface area contributed by atoms with Crippen molar-refractivity contribution in [3.05, 3.63) is 64.7 Å².